The fraction of sp³-hybridized carbons (Fsp3) is 0.808. The second kappa shape index (κ2) is 31.4. The van der Waals surface area contributed by atoms with Gasteiger partial charge in [0.1, 0.15) is 31.5 Å². The number of ether oxygens (including phenoxy) is 4. The van der Waals surface area contributed by atoms with Crippen LogP contribution >= 0.6 is 73.3 Å². The van der Waals surface area contributed by atoms with Crippen molar-refractivity contribution in [2.45, 2.75) is 158 Å². The van der Waals surface area contributed by atoms with E-state index in [4.69, 9.17) is 24.1 Å². The quantitative estimate of drug-likeness (QED) is 0.0212. The summed E-state index contributed by atoms with van der Waals surface area (Å²) in [5.41, 5.74) is -5.73. The molecule has 0 aliphatic rings. The summed E-state index contributed by atoms with van der Waals surface area (Å²) in [7, 11) is 11.9. The first-order chi connectivity index (χ1) is 33.1. The molecule has 13 nitrogen and oxygen atoms in total. The predicted octanol–water partition coefficient (Wildman–Crippen LogP) is 12.3. The molecule has 1 aromatic rings. The van der Waals surface area contributed by atoms with Crippen LogP contribution in [0, 0.1) is 33.0 Å². The number of esters is 4. The Morgan fingerprint density at radius 1 is 0.681 bits per heavy atom. The molecule has 0 saturated heterocycles. The standard InChI is InChI=1S/C52H92N3O10PS6/c1-38(2)51(15,43(60)64-25-30-70-69-29-24-62-41(58)46(6,7)37-66-18)35-48(10,11)55(17)36-50(14,42(59)63-27-32-71-72-39-21-19-20-23-53-39)34-47(8,9)54-49(12,13)52(16,33-45(3,4)5)44(61)65-26-31-68-67-28-22-40(56)57/h19-21,23,38,54,66H,22,24-37H2,1-18H3,(H,56,57). The normalized spacial score (nSPS) is 15.5. The second-order valence-electron chi connectivity index (χ2n) is 23.3. The van der Waals surface area contributed by atoms with E-state index in [0.29, 0.717) is 69.8 Å². The Balaban J connectivity index is 3.31. The molecule has 0 aromatic carbocycles. The number of carboxylic acid groups (broad SMARTS) is 1. The van der Waals surface area contributed by atoms with Gasteiger partial charge in [-0.2, -0.15) is 0 Å². The van der Waals surface area contributed by atoms with Crippen molar-refractivity contribution in [2.24, 2.45) is 33.0 Å². The van der Waals surface area contributed by atoms with Gasteiger partial charge in [0.25, 0.3) is 0 Å². The summed E-state index contributed by atoms with van der Waals surface area (Å²) in [6.45, 7) is 35.9. The van der Waals surface area contributed by atoms with E-state index in [1.54, 1.807) is 38.6 Å². The number of hydrogen-bond donors (Lipinski definition) is 2. The highest BCUT2D eigenvalue weighted by atomic mass is 33.1. The van der Waals surface area contributed by atoms with Crippen molar-refractivity contribution < 1.29 is 48.0 Å². The maximum atomic E-state index is 14.7. The van der Waals surface area contributed by atoms with Crippen molar-refractivity contribution in [3.8, 4) is 0 Å². The Morgan fingerprint density at radius 3 is 1.67 bits per heavy atom. The van der Waals surface area contributed by atoms with E-state index in [1.165, 1.54) is 32.4 Å². The Hall–Kier alpha value is -1.05. The summed E-state index contributed by atoms with van der Waals surface area (Å²) in [5.74, 6) is 0.817. The lowest BCUT2D eigenvalue weighted by molar-refractivity contribution is -0.164. The molecule has 0 aliphatic carbocycles. The zero-order chi connectivity index (χ0) is 55.2. The number of carbonyl (C=O) groups excluding carboxylic acids is 4. The number of carboxylic acids is 1. The Morgan fingerprint density at radius 2 is 1.18 bits per heavy atom. The summed E-state index contributed by atoms with van der Waals surface area (Å²) in [5, 5.41) is 13.7. The highest BCUT2D eigenvalue weighted by molar-refractivity contribution is 8.77. The lowest BCUT2D eigenvalue weighted by Crippen LogP contribution is -2.65. The maximum Gasteiger partial charge on any atom is 0.313 e. The van der Waals surface area contributed by atoms with Crippen molar-refractivity contribution in [3.05, 3.63) is 24.4 Å². The van der Waals surface area contributed by atoms with Crippen LogP contribution < -0.4 is 5.32 Å². The van der Waals surface area contributed by atoms with Gasteiger partial charge in [0.15, 0.2) is 0 Å². The van der Waals surface area contributed by atoms with Crippen LogP contribution in [-0.4, -0.2) is 143 Å². The number of nitrogens with zero attached hydrogens (tertiary/aromatic N) is 2. The van der Waals surface area contributed by atoms with Crippen molar-refractivity contribution in [1.29, 1.82) is 0 Å². The minimum atomic E-state index is -1.05. The third-order valence-corrected chi connectivity index (χ3v) is 21.1. The van der Waals surface area contributed by atoms with E-state index < -0.39 is 44.2 Å². The van der Waals surface area contributed by atoms with Gasteiger partial charge in [0.05, 0.1) is 28.1 Å². The third-order valence-electron chi connectivity index (χ3n) is 13.0. The smallest absolute Gasteiger partial charge is 0.313 e. The highest BCUT2D eigenvalue weighted by Gasteiger charge is 2.54. The zero-order valence-corrected chi connectivity index (χ0v) is 52.9. The molecule has 0 aliphatic heterocycles. The molecule has 0 radical (unpaired) electrons. The number of nitrogens with one attached hydrogen (secondary N) is 1. The zero-order valence-electron chi connectivity index (χ0n) is 47.0. The number of aromatic nitrogens is 1. The molecule has 2 N–H and O–H groups in total. The van der Waals surface area contributed by atoms with Crippen LogP contribution in [0.1, 0.15) is 136 Å². The first-order valence-electron chi connectivity index (χ1n) is 24.8. The van der Waals surface area contributed by atoms with E-state index in [1.807, 2.05) is 87.6 Å². The first kappa shape index (κ1) is 69.0. The first-order valence-corrected chi connectivity index (χ1v) is 33.9. The molecule has 0 bridgehead atoms. The van der Waals surface area contributed by atoms with Gasteiger partial charge in [-0.05, 0) is 150 Å². The minimum Gasteiger partial charge on any atom is -0.481 e. The molecule has 4 atom stereocenters. The van der Waals surface area contributed by atoms with Gasteiger partial charge in [-0.1, -0.05) is 94.7 Å². The van der Waals surface area contributed by atoms with Crippen molar-refractivity contribution in [1.82, 2.24) is 15.2 Å². The number of pyridine rings is 1. The summed E-state index contributed by atoms with van der Waals surface area (Å²) in [6.07, 6.45) is 3.96. The van der Waals surface area contributed by atoms with Gasteiger partial charge in [-0.25, -0.2) is 4.98 Å². The Bertz CT molecular complexity index is 1840. The maximum absolute atomic E-state index is 14.7. The van der Waals surface area contributed by atoms with Crippen LogP contribution in [0.3, 0.4) is 0 Å². The average molecular weight is 1140 g/mol. The number of rotatable bonds is 37. The molecule has 1 heterocycles. The molecule has 20 heteroatoms. The van der Waals surface area contributed by atoms with Crippen LogP contribution in [0.5, 0.6) is 0 Å². The molecule has 416 valence electrons. The fourth-order valence-electron chi connectivity index (χ4n) is 8.83. The lowest BCUT2D eigenvalue weighted by Gasteiger charge is -2.51. The van der Waals surface area contributed by atoms with Crippen molar-refractivity contribution in [2.75, 3.05) is 81.6 Å². The van der Waals surface area contributed by atoms with Gasteiger partial charge >= 0.3 is 29.8 Å². The van der Waals surface area contributed by atoms with Gasteiger partial charge in [-0.3, -0.25) is 24.0 Å². The molecule has 72 heavy (non-hydrogen) atoms. The third kappa shape index (κ3) is 24.5. The van der Waals surface area contributed by atoms with E-state index >= 15 is 0 Å². The summed E-state index contributed by atoms with van der Waals surface area (Å²) in [6, 6.07) is 5.75. The second-order valence-corrected chi connectivity index (χ2v) is 32.2. The SMILES string of the molecule is CPCC(C)(C)C(=O)OCCSSCCOC(=O)C(C)(CC(C)(C)N(C)CC(C)(CC(C)(C)NC(C)(C)C(C)(CC(C)(C)C)C(=O)OCCSSCCC(=O)O)C(=O)OCCSSc1ccccn1)C(C)C. The number of aliphatic carboxylic acids is 1. The van der Waals surface area contributed by atoms with Crippen molar-refractivity contribution >= 4 is 103 Å². The molecule has 0 saturated carbocycles. The van der Waals surface area contributed by atoms with E-state index in [9.17, 15) is 24.0 Å². The van der Waals surface area contributed by atoms with E-state index in [0.717, 1.165) is 11.2 Å². The topological polar surface area (TPSA) is 171 Å². The number of hydrogen-bond acceptors (Lipinski definition) is 18. The monoisotopic (exact) mass is 1140 g/mol. The largest absolute Gasteiger partial charge is 0.481 e. The van der Waals surface area contributed by atoms with Gasteiger partial charge < -0.3 is 34.3 Å². The molecular formula is C52H92N3O10PS6. The van der Waals surface area contributed by atoms with Gasteiger partial charge in [0, 0.05) is 58.1 Å². The molecule has 1 rings (SSSR count). The molecule has 0 amide bonds. The molecule has 0 spiro atoms. The van der Waals surface area contributed by atoms with Crippen LogP contribution in [-0.2, 0) is 42.9 Å². The highest BCUT2D eigenvalue weighted by Crippen LogP contribution is 2.46. The summed E-state index contributed by atoms with van der Waals surface area (Å²) >= 11 is 0. The molecular weight excluding hydrogens is 1050 g/mol. The molecule has 1 aromatic heterocycles. The lowest BCUT2D eigenvalue weighted by atomic mass is 9.63. The average Bonchev–Trinajstić information content (AvgIpc) is 3.25. The van der Waals surface area contributed by atoms with Gasteiger partial charge in [0.2, 0.25) is 0 Å². The van der Waals surface area contributed by atoms with Crippen LogP contribution in [0.2, 0.25) is 0 Å². The van der Waals surface area contributed by atoms with Crippen LogP contribution in [0.15, 0.2) is 29.4 Å². The van der Waals surface area contributed by atoms with Gasteiger partial charge in [-0.15, -0.1) is 8.58 Å². The molecule has 0 fully saturated rings. The van der Waals surface area contributed by atoms with E-state index in [2.05, 4.69) is 70.3 Å². The fourth-order valence-corrected chi connectivity index (χ4v) is 15.0. The molecule has 4 unspecified atom stereocenters. The minimum absolute atomic E-state index is 0.0504. The Labute approximate surface area is 460 Å². The van der Waals surface area contributed by atoms with Crippen LogP contribution in [0.25, 0.3) is 0 Å². The van der Waals surface area contributed by atoms with E-state index in [-0.39, 0.29) is 61.5 Å². The number of carbonyl (C=O) groups is 5. The van der Waals surface area contributed by atoms with Crippen LogP contribution in [0.4, 0.5) is 0 Å². The summed E-state index contributed by atoms with van der Waals surface area (Å²) in [4.78, 5) is 72.9. The summed E-state index contributed by atoms with van der Waals surface area (Å²) < 4.78 is 23.6. The Kier molecular flexibility index (Phi) is 30.1. The predicted molar refractivity (Wildman–Crippen MR) is 312 cm³/mol. The van der Waals surface area contributed by atoms with Crippen molar-refractivity contribution in [3.63, 3.8) is 0 Å².